The van der Waals surface area contributed by atoms with Gasteiger partial charge in [-0.15, -0.1) is 23.1 Å². The van der Waals surface area contributed by atoms with Gasteiger partial charge in [-0.1, -0.05) is 11.6 Å². The van der Waals surface area contributed by atoms with Crippen molar-refractivity contribution in [3.63, 3.8) is 0 Å². The molecule has 166 valence electrons. The number of amides is 2. The monoisotopic (exact) mass is 492 g/mol. The maximum Gasteiger partial charge on any atom is 0.288 e. The predicted molar refractivity (Wildman–Crippen MR) is 126 cm³/mol. The van der Waals surface area contributed by atoms with E-state index in [4.69, 9.17) is 16.3 Å². The summed E-state index contributed by atoms with van der Waals surface area (Å²) < 4.78 is 5.08. The maximum atomic E-state index is 12.4. The predicted octanol–water partition coefficient (Wildman–Crippen LogP) is 4.84. The number of hydrogen-bond acceptors (Lipinski definition) is 8. The molecule has 0 aliphatic rings. The number of anilines is 2. The van der Waals surface area contributed by atoms with E-state index in [-0.39, 0.29) is 27.9 Å². The lowest BCUT2D eigenvalue weighted by molar-refractivity contribution is -0.384. The fraction of sp³-hybridized carbons (Fsp3) is 0.150. The minimum absolute atomic E-state index is 0.0452. The van der Waals surface area contributed by atoms with Gasteiger partial charge in [0.2, 0.25) is 5.91 Å². The highest BCUT2D eigenvalue weighted by atomic mass is 35.5. The van der Waals surface area contributed by atoms with Crippen molar-refractivity contribution in [2.24, 2.45) is 0 Å². The van der Waals surface area contributed by atoms with Crippen LogP contribution < -0.4 is 15.4 Å². The van der Waals surface area contributed by atoms with Gasteiger partial charge in [0, 0.05) is 28.5 Å². The van der Waals surface area contributed by atoms with Gasteiger partial charge in [-0.3, -0.25) is 25.0 Å². The average molecular weight is 493 g/mol. The highest BCUT2D eigenvalue weighted by molar-refractivity contribution is 7.99. The molecule has 1 aromatic heterocycles. The lowest BCUT2D eigenvalue weighted by atomic mass is 10.2. The van der Waals surface area contributed by atoms with Crippen molar-refractivity contribution >= 4 is 63.0 Å². The number of nitro benzene ring substituents is 1. The summed E-state index contributed by atoms with van der Waals surface area (Å²) in [6, 6.07) is 10.8. The summed E-state index contributed by atoms with van der Waals surface area (Å²) in [6.07, 6.45) is 0. The summed E-state index contributed by atoms with van der Waals surface area (Å²) >= 11 is 8.37. The largest absolute Gasteiger partial charge is 0.497 e. The molecule has 9 nitrogen and oxygen atoms in total. The van der Waals surface area contributed by atoms with Crippen molar-refractivity contribution in [2.75, 3.05) is 23.5 Å². The molecule has 0 fully saturated rings. The fourth-order valence-electron chi connectivity index (χ4n) is 2.51. The van der Waals surface area contributed by atoms with Gasteiger partial charge in [0.25, 0.3) is 11.6 Å². The van der Waals surface area contributed by atoms with Crippen LogP contribution in [0.5, 0.6) is 5.75 Å². The van der Waals surface area contributed by atoms with E-state index in [2.05, 4.69) is 15.6 Å². The van der Waals surface area contributed by atoms with Gasteiger partial charge < -0.3 is 10.1 Å². The molecule has 0 saturated heterocycles. The number of nitrogens with zero attached hydrogens (tertiary/aromatic N) is 2. The third-order valence-electron chi connectivity index (χ3n) is 4.03. The van der Waals surface area contributed by atoms with E-state index in [1.165, 1.54) is 35.2 Å². The Morgan fingerprint density at radius 2 is 1.97 bits per heavy atom. The molecule has 0 bridgehead atoms. The molecule has 32 heavy (non-hydrogen) atoms. The van der Waals surface area contributed by atoms with E-state index in [9.17, 15) is 19.7 Å². The van der Waals surface area contributed by atoms with Gasteiger partial charge >= 0.3 is 0 Å². The van der Waals surface area contributed by atoms with Crippen LogP contribution in [-0.4, -0.2) is 34.6 Å². The number of methoxy groups -OCH3 is 1. The Kier molecular flexibility index (Phi) is 8.03. The van der Waals surface area contributed by atoms with Gasteiger partial charge in [0.1, 0.15) is 10.8 Å². The first-order chi connectivity index (χ1) is 15.4. The lowest BCUT2D eigenvalue weighted by Gasteiger charge is -2.06. The van der Waals surface area contributed by atoms with E-state index in [1.54, 1.807) is 36.8 Å². The number of rotatable bonds is 9. The Morgan fingerprint density at radius 1 is 1.22 bits per heavy atom. The number of halogens is 1. The molecular formula is C20H17ClN4O5S2. The second-order valence-electron chi connectivity index (χ2n) is 6.29. The van der Waals surface area contributed by atoms with Gasteiger partial charge in [-0.05, 0) is 36.4 Å². The standard InChI is InChI=1S/C20H17ClN4O5S2/c1-30-15-5-3-13(4-6-15)22-18(26)11-31-9-14-10-32-20(23-14)24-19(27)12-2-7-16(21)17(8-12)25(28)29/h2-8,10H,9,11H2,1H3,(H,22,26)(H,23,24,27). The Bertz CT molecular complexity index is 1140. The third-order valence-corrected chi connectivity index (χ3v) is 6.13. The third kappa shape index (κ3) is 6.42. The Balaban J connectivity index is 1.48. The second kappa shape index (κ2) is 10.9. The van der Waals surface area contributed by atoms with Gasteiger partial charge in [0.15, 0.2) is 5.13 Å². The number of hydrogen-bond donors (Lipinski definition) is 2. The van der Waals surface area contributed by atoms with Crippen molar-refractivity contribution in [1.82, 2.24) is 4.98 Å². The van der Waals surface area contributed by atoms with Crippen LogP contribution in [0.2, 0.25) is 5.02 Å². The van der Waals surface area contributed by atoms with Crippen LogP contribution in [0.25, 0.3) is 0 Å². The molecule has 0 atom stereocenters. The van der Waals surface area contributed by atoms with E-state index in [0.717, 1.165) is 6.07 Å². The number of aromatic nitrogens is 1. The van der Waals surface area contributed by atoms with Crippen LogP contribution in [0.1, 0.15) is 16.1 Å². The number of benzene rings is 2. The number of nitro groups is 1. The summed E-state index contributed by atoms with van der Waals surface area (Å²) in [5, 5.41) is 18.5. The fourth-order valence-corrected chi connectivity index (χ4v) is 4.23. The summed E-state index contributed by atoms with van der Waals surface area (Å²) in [7, 11) is 1.57. The minimum Gasteiger partial charge on any atom is -0.497 e. The van der Waals surface area contributed by atoms with Crippen molar-refractivity contribution in [2.45, 2.75) is 5.75 Å². The Labute approximate surface area is 196 Å². The number of carbonyl (C=O) groups excluding carboxylic acids is 2. The van der Waals surface area contributed by atoms with Gasteiger partial charge in [-0.2, -0.15) is 0 Å². The molecular weight excluding hydrogens is 476 g/mol. The quantitative estimate of drug-likeness (QED) is 0.323. The van der Waals surface area contributed by atoms with Crippen molar-refractivity contribution in [3.05, 3.63) is 74.2 Å². The van der Waals surface area contributed by atoms with Crippen LogP contribution in [0.15, 0.2) is 47.8 Å². The van der Waals surface area contributed by atoms with Crippen LogP contribution >= 0.6 is 34.7 Å². The molecule has 0 aliphatic carbocycles. The molecule has 12 heteroatoms. The first kappa shape index (κ1) is 23.5. The molecule has 0 aliphatic heterocycles. The van der Waals surface area contributed by atoms with Crippen LogP contribution in [0.3, 0.4) is 0 Å². The molecule has 3 aromatic rings. The summed E-state index contributed by atoms with van der Waals surface area (Å²) in [6.45, 7) is 0. The first-order valence-corrected chi connectivity index (χ1v) is 11.5. The number of nitrogens with one attached hydrogen (secondary N) is 2. The zero-order valence-electron chi connectivity index (χ0n) is 16.7. The highest BCUT2D eigenvalue weighted by Gasteiger charge is 2.17. The zero-order chi connectivity index (χ0) is 23.1. The first-order valence-electron chi connectivity index (χ1n) is 9.07. The maximum absolute atomic E-state index is 12.4. The van der Waals surface area contributed by atoms with Crippen molar-refractivity contribution in [1.29, 1.82) is 0 Å². The van der Waals surface area contributed by atoms with E-state index >= 15 is 0 Å². The zero-order valence-corrected chi connectivity index (χ0v) is 19.1. The van der Waals surface area contributed by atoms with Crippen LogP contribution in [-0.2, 0) is 10.5 Å². The van der Waals surface area contributed by atoms with Crippen LogP contribution in [0.4, 0.5) is 16.5 Å². The molecule has 2 aromatic carbocycles. The molecule has 0 radical (unpaired) electrons. The molecule has 3 rings (SSSR count). The summed E-state index contributed by atoms with van der Waals surface area (Å²) in [5.41, 5.74) is 1.14. The average Bonchev–Trinajstić information content (AvgIpc) is 3.21. The van der Waals surface area contributed by atoms with Crippen LogP contribution in [0, 0.1) is 10.1 Å². The lowest BCUT2D eigenvalue weighted by Crippen LogP contribution is -2.14. The Hall–Kier alpha value is -3.15. The number of thiazole rings is 1. The minimum atomic E-state index is -0.650. The van der Waals surface area contributed by atoms with Gasteiger partial charge in [-0.25, -0.2) is 4.98 Å². The van der Waals surface area contributed by atoms with E-state index < -0.39 is 10.8 Å². The Morgan fingerprint density at radius 3 is 2.66 bits per heavy atom. The molecule has 2 amide bonds. The van der Waals surface area contributed by atoms with Crippen molar-refractivity contribution in [3.8, 4) is 5.75 Å². The SMILES string of the molecule is COc1ccc(NC(=O)CSCc2csc(NC(=O)c3ccc(Cl)c([N+](=O)[O-])c3)n2)cc1. The number of thioether (sulfide) groups is 1. The number of ether oxygens (including phenoxy) is 1. The molecule has 0 spiro atoms. The molecule has 0 saturated carbocycles. The molecule has 2 N–H and O–H groups in total. The highest BCUT2D eigenvalue weighted by Crippen LogP contribution is 2.26. The van der Waals surface area contributed by atoms with E-state index in [1.807, 2.05) is 0 Å². The summed E-state index contributed by atoms with van der Waals surface area (Å²) in [4.78, 5) is 39.1. The molecule has 1 heterocycles. The smallest absolute Gasteiger partial charge is 0.288 e. The van der Waals surface area contributed by atoms with Gasteiger partial charge in [0.05, 0.1) is 23.5 Å². The normalized spacial score (nSPS) is 10.4. The topological polar surface area (TPSA) is 123 Å². The van der Waals surface area contributed by atoms with E-state index in [0.29, 0.717) is 28.0 Å². The van der Waals surface area contributed by atoms with Crippen molar-refractivity contribution < 1.29 is 19.2 Å². The summed E-state index contributed by atoms with van der Waals surface area (Å²) in [5.74, 6) is 0.748. The molecule has 0 unspecified atom stereocenters. The second-order valence-corrected chi connectivity index (χ2v) is 8.54. The number of carbonyl (C=O) groups is 2.